The summed E-state index contributed by atoms with van der Waals surface area (Å²) in [7, 11) is 3.37. The summed E-state index contributed by atoms with van der Waals surface area (Å²) in [5.41, 5.74) is 0. The van der Waals surface area contributed by atoms with Crippen LogP contribution in [0.4, 0.5) is 0 Å². The van der Waals surface area contributed by atoms with E-state index in [1.54, 1.807) is 38.4 Å². The summed E-state index contributed by atoms with van der Waals surface area (Å²) in [6, 6.07) is 6.91. The Morgan fingerprint density at radius 1 is 1.42 bits per heavy atom. The molecule has 0 aromatic heterocycles. The first-order valence-corrected chi connectivity index (χ1v) is 6.34. The lowest BCUT2D eigenvalue weighted by atomic mass is 10.3. The molecule has 0 saturated heterocycles. The highest BCUT2D eigenvalue weighted by Crippen LogP contribution is 2.15. The minimum absolute atomic E-state index is 0.0363. The molecule has 1 aromatic carbocycles. The van der Waals surface area contributed by atoms with E-state index in [-0.39, 0.29) is 19.1 Å². The van der Waals surface area contributed by atoms with Crippen molar-refractivity contribution in [3.05, 3.63) is 29.3 Å². The van der Waals surface area contributed by atoms with Crippen molar-refractivity contribution >= 4 is 17.5 Å². The SMILES string of the molecule is CN(C)C(=O)CNCC(O)COc1ccc(Cl)cc1. The van der Waals surface area contributed by atoms with Gasteiger partial charge in [-0.2, -0.15) is 0 Å². The molecule has 19 heavy (non-hydrogen) atoms. The van der Waals surface area contributed by atoms with Gasteiger partial charge in [0.05, 0.1) is 6.54 Å². The number of benzene rings is 1. The van der Waals surface area contributed by atoms with Crippen LogP contribution in [0.1, 0.15) is 0 Å². The Labute approximate surface area is 118 Å². The van der Waals surface area contributed by atoms with E-state index in [4.69, 9.17) is 16.3 Å². The predicted octanol–water partition coefficient (Wildman–Crippen LogP) is 0.757. The summed E-state index contributed by atoms with van der Waals surface area (Å²) in [6.07, 6.45) is -0.675. The maximum absolute atomic E-state index is 11.3. The van der Waals surface area contributed by atoms with Crippen molar-refractivity contribution in [2.45, 2.75) is 6.10 Å². The molecule has 1 amide bonds. The standard InChI is InChI=1S/C13H19ClN2O3/c1-16(2)13(18)8-15-7-11(17)9-19-12-5-3-10(14)4-6-12/h3-6,11,15,17H,7-9H2,1-2H3. The fourth-order valence-electron chi connectivity index (χ4n) is 1.29. The van der Waals surface area contributed by atoms with Crippen LogP contribution in [-0.4, -0.2) is 55.8 Å². The van der Waals surface area contributed by atoms with Gasteiger partial charge >= 0.3 is 0 Å². The van der Waals surface area contributed by atoms with Gasteiger partial charge in [-0.25, -0.2) is 0 Å². The van der Waals surface area contributed by atoms with Gasteiger partial charge in [0.25, 0.3) is 0 Å². The van der Waals surface area contributed by atoms with E-state index in [2.05, 4.69) is 5.32 Å². The monoisotopic (exact) mass is 286 g/mol. The van der Waals surface area contributed by atoms with Crippen molar-refractivity contribution in [2.24, 2.45) is 0 Å². The van der Waals surface area contributed by atoms with E-state index in [9.17, 15) is 9.90 Å². The second-order valence-corrected chi connectivity index (χ2v) is 4.77. The zero-order valence-electron chi connectivity index (χ0n) is 11.1. The number of carbonyl (C=O) groups excluding carboxylic acids is 1. The Kier molecular flexibility index (Phi) is 6.62. The summed E-state index contributed by atoms with van der Waals surface area (Å²) < 4.78 is 5.38. The van der Waals surface area contributed by atoms with Gasteiger partial charge in [0.2, 0.25) is 5.91 Å². The van der Waals surface area contributed by atoms with Crippen molar-refractivity contribution < 1.29 is 14.6 Å². The largest absolute Gasteiger partial charge is 0.491 e. The van der Waals surface area contributed by atoms with Crippen LogP contribution >= 0.6 is 11.6 Å². The topological polar surface area (TPSA) is 61.8 Å². The maximum Gasteiger partial charge on any atom is 0.236 e. The molecule has 0 fully saturated rings. The van der Waals surface area contributed by atoms with Crippen LogP contribution in [0.3, 0.4) is 0 Å². The molecule has 1 aromatic rings. The minimum Gasteiger partial charge on any atom is -0.491 e. The van der Waals surface area contributed by atoms with E-state index in [0.717, 1.165) is 0 Å². The quantitative estimate of drug-likeness (QED) is 0.777. The highest BCUT2D eigenvalue weighted by atomic mass is 35.5. The number of nitrogens with one attached hydrogen (secondary N) is 1. The van der Waals surface area contributed by atoms with Gasteiger partial charge in [-0.1, -0.05) is 11.6 Å². The predicted molar refractivity (Wildman–Crippen MR) is 74.5 cm³/mol. The lowest BCUT2D eigenvalue weighted by molar-refractivity contribution is -0.127. The molecule has 0 aliphatic heterocycles. The van der Waals surface area contributed by atoms with Gasteiger partial charge in [0, 0.05) is 25.7 Å². The third kappa shape index (κ3) is 6.42. The van der Waals surface area contributed by atoms with Crippen LogP contribution in [-0.2, 0) is 4.79 Å². The number of amides is 1. The van der Waals surface area contributed by atoms with Gasteiger partial charge < -0.3 is 20.1 Å². The van der Waals surface area contributed by atoms with Crippen molar-refractivity contribution in [1.29, 1.82) is 0 Å². The molecule has 6 heteroatoms. The Hall–Kier alpha value is -1.30. The Morgan fingerprint density at radius 2 is 2.05 bits per heavy atom. The number of hydrogen-bond donors (Lipinski definition) is 2. The molecule has 2 N–H and O–H groups in total. The summed E-state index contributed by atoms with van der Waals surface area (Å²) in [6.45, 7) is 0.656. The molecular formula is C13H19ClN2O3. The average Bonchev–Trinajstić information content (AvgIpc) is 2.37. The fourth-order valence-corrected chi connectivity index (χ4v) is 1.41. The summed E-state index contributed by atoms with van der Waals surface area (Å²) >= 11 is 5.75. The third-order valence-electron chi connectivity index (χ3n) is 2.41. The van der Waals surface area contributed by atoms with E-state index in [0.29, 0.717) is 17.3 Å². The van der Waals surface area contributed by atoms with Crippen LogP contribution < -0.4 is 10.1 Å². The molecule has 106 valence electrons. The van der Waals surface area contributed by atoms with Crippen molar-refractivity contribution in [1.82, 2.24) is 10.2 Å². The normalized spacial score (nSPS) is 12.0. The second-order valence-electron chi connectivity index (χ2n) is 4.34. The Morgan fingerprint density at radius 3 is 2.63 bits per heavy atom. The molecule has 0 aliphatic carbocycles. The lowest BCUT2D eigenvalue weighted by Gasteiger charge is -2.14. The molecule has 5 nitrogen and oxygen atoms in total. The first-order chi connectivity index (χ1) is 8.99. The smallest absolute Gasteiger partial charge is 0.236 e. The molecule has 1 atom stereocenters. The van der Waals surface area contributed by atoms with E-state index in [1.165, 1.54) is 4.90 Å². The number of ether oxygens (including phenoxy) is 1. The number of aliphatic hydroxyl groups is 1. The zero-order chi connectivity index (χ0) is 14.3. The highest BCUT2D eigenvalue weighted by molar-refractivity contribution is 6.30. The Balaban J connectivity index is 2.19. The highest BCUT2D eigenvalue weighted by Gasteiger charge is 2.07. The molecule has 0 radical (unpaired) electrons. The van der Waals surface area contributed by atoms with Crippen molar-refractivity contribution in [2.75, 3.05) is 33.8 Å². The first kappa shape index (κ1) is 15.8. The molecule has 0 bridgehead atoms. The van der Waals surface area contributed by atoms with Gasteiger partial charge in [-0.15, -0.1) is 0 Å². The molecule has 0 aliphatic rings. The summed E-state index contributed by atoms with van der Waals surface area (Å²) in [4.78, 5) is 12.8. The van der Waals surface area contributed by atoms with Crippen LogP contribution in [0.2, 0.25) is 5.02 Å². The Bertz CT molecular complexity index is 395. The molecule has 0 spiro atoms. The van der Waals surface area contributed by atoms with E-state index < -0.39 is 6.10 Å². The lowest BCUT2D eigenvalue weighted by Crippen LogP contribution is -2.38. The van der Waals surface area contributed by atoms with E-state index >= 15 is 0 Å². The summed E-state index contributed by atoms with van der Waals surface area (Å²) in [5, 5.41) is 13.2. The number of likely N-dealkylation sites (N-methyl/N-ethyl adjacent to an activating group) is 1. The molecule has 1 rings (SSSR count). The van der Waals surface area contributed by atoms with Gasteiger partial charge in [0.15, 0.2) is 0 Å². The van der Waals surface area contributed by atoms with E-state index in [1.807, 2.05) is 0 Å². The van der Waals surface area contributed by atoms with Crippen LogP contribution in [0.25, 0.3) is 0 Å². The van der Waals surface area contributed by atoms with Crippen molar-refractivity contribution in [3.63, 3.8) is 0 Å². The number of halogens is 1. The van der Waals surface area contributed by atoms with Crippen LogP contribution in [0.15, 0.2) is 24.3 Å². The molecular weight excluding hydrogens is 268 g/mol. The third-order valence-corrected chi connectivity index (χ3v) is 2.66. The number of carbonyl (C=O) groups is 1. The second kappa shape index (κ2) is 7.99. The maximum atomic E-state index is 11.3. The minimum atomic E-state index is -0.675. The van der Waals surface area contributed by atoms with Gasteiger partial charge in [-0.05, 0) is 24.3 Å². The number of aliphatic hydroxyl groups excluding tert-OH is 1. The number of nitrogens with zero attached hydrogens (tertiary/aromatic N) is 1. The average molecular weight is 287 g/mol. The molecule has 1 unspecified atom stereocenters. The zero-order valence-corrected chi connectivity index (χ0v) is 11.9. The van der Waals surface area contributed by atoms with Crippen LogP contribution in [0.5, 0.6) is 5.75 Å². The molecule has 0 saturated carbocycles. The summed E-state index contributed by atoms with van der Waals surface area (Å²) in [5.74, 6) is 0.610. The van der Waals surface area contributed by atoms with Crippen LogP contribution in [0, 0.1) is 0 Å². The fraction of sp³-hybridized carbons (Fsp3) is 0.462. The molecule has 0 heterocycles. The van der Waals surface area contributed by atoms with Crippen molar-refractivity contribution in [3.8, 4) is 5.75 Å². The first-order valence-electron chi connectivity index (χ1n) is 5.96. The number of hydrogen-bond acceptors (Lipinski definition) is 4. The number of rotatable bonds is 7. The van der Waals surface area contributed by atoms with Gasteiger partial charge in [-0.3, -0.25) is 4.79 Å². The van der Waals surface area contributed by atoms with Gasteiger partial charge in [0.1, 0.15) is 18.5 Å².